The summed E-state index contributed by atoms with van der Waals surface area (Å²) in [5.74, 6) is 1.85. The van der Waals surface area contributed by atoms with Crippen LogP contribution in [0.2, 0.25) is 0 Å². The second-order valence-corrected chi connectivity index (χ2v) is 10.2. The van der Waals surface area contributed by atoms with Crippen molar-refractivity contribution in [2.24, 2.45) is 5.92 Å². The fourth-order valence-corrected chi connectivity index (χ4v) is 5.13. The molecule has 1 aliphatic heterocycles. The normalized spacial score (nSPS) is 16.3. The molecule has 0 spiro atoms. The third-order valence-electron chi connectivity index (χ3n) is 5.84. The predicted octanol–water partition coefficient (Wildman–Crippen LogP) is 3.78. The first kappa shape index (κ1) is 27.2. The molecule has 2 atom stereocenters. The summed E-state index contributed by atoms with van der Waals surface area (Å²) < 4.78 is 17.0. The highest BCUT2D eigenvalue weighted by Crippen LogP contribution is 2.34. The molecule has 2 aromatic rings. The average Bonchev–Trinajstić information content (AvgIpc) is 3.31. The monoisotopic (exact) mass is 502 g/mol. The molecule has 2 heterocycles. The van der Waals surface area contributed by atoms with Gasteiger partial charge in [0.05, 0.1) is 32.4 Å². The summed E-state index contributed by atoms with van der Waals surface area (Å²) in [5, 5.41) is 12.5. The van der Waals surface area contributed by atoms with Crippen molar-refractivity contribution in [1.29, 1.82) is 0 Å². The molecule has 7 nitrogen and oxygen atoms in total. The van der Waals surface area contributed by atoms with E-state index < -0.39 is 6.10 Å². The van der Waals surface area contributed by atoms with E-state index in [-0.39, 0.29) is 25.1 Å². The van der Waals surface area contributed by atoms with Crippen molar-refractivity contribution in [3.63, 3.8) is 0 Å². The van der Waals surface area contributed by atoms with Crippen molar-refractivity contribution >= 4 is 17.2 Å². The van der Waals surface area contributed by atoms with Crippen molar-refractivity contribution in [3.8, 4) is 11.5 Å². The molecule has 0 saturated carbocycles. The Morgan fingerprint density at radius 3 is 2.86 bits per heavy atom. The molecule has 8 heteroatoms. The minimum absolute atomic E-state index is 0.0123. The summed E-state index contributed by atoms with van der Waals surface area (Å²) in [4.78, 5) is 18.6. The molecule has 0 aliphatic carbocycles. The number of hydrogen-bond acceptors (Lipinski definition) is 7. The fourth-order valence-electron chi connectivity index (χ4n) is 4.20. The number of nitrogens with zero attached hydrogens (tertiary/aromatic N) is 2. The van der Waals surface area contributed by atoms with Crippen LogP contribution in [-0.2, 0) is 16.0 Å². The van der Waals surface area contributed by atoms with Crippen LogP contribution < -0.4 is 9.47 Å². The Morgan fingerprint density at radius 2 is 2.11 bits per heavy atom. The second-order valence-electron chi connectivity index (χ2n) is 9.21. The fraction of sp³-hybridized carbons (Fsp3) is 0.519. The van der Waals surface area contributed by atoms with Gasteiger partial charge in [-0.15, -0.1) is 17.9 Å². The molecule has 0 saturated heterocycles. The van der Waals surface area contributed by atoms with Gasteiger partial charge in [-0.1, -0.05) is 26.0 Å². The first-order valence-corrected chi connectivity index (χ1v) is 13.0. The van der Waals surface area contributed by atoms with Crippen LogP contribution in [0.1, 0.15) is 30.3 Å². The zero-order valence-corrected chi connectivity index (χ0v) is 21.8. The van der Waals surface area contributed by atoms with Gasteiger partial charge < -0.3 is 24.2 Å². The molecular weight excluding hydrogens is 464 g/mol. The molecule has 1 amide bonds. The molecule has 1 aromatic heterocycles. The van der Waals surface area contributed by atoms with E-state index in [2.05, 4.69) is 31.9 Å². The maximum absolute atomic E-state index is 13.5. The molecule has 1 aliphatic rings. The van der Waals surface area contributed by atoms with Crippen LogP contribution in [-0.4, -0.2) is 80.0 Å². The highest BCUT2D eigenvalue weighted by atomic mass is 32.1. The van der Waals surface area contributed by atoms with Crippen molar-refractivity contribution in [2.45, 2.75) is 32.4 Å². The van der Waals surface area contributed by atoms with Crippen LogP contribution in [0.15, 0.2) is 48.4 Å². The largest absolute Gasteiger partial charge is 0.497 e. The molecule has 1 aromatic carbocycles. The summed E-state index contributed by atoms with van der Waals surface area (Å²) in [5.41, 5.74) is 1.15. The van der Waals surface area contributed by atoms with E-state index in [1.165, 1.54) is 4.88 Å². The van der Waals surface area contributed by atoms with Gasteiger partial charge in [0.15, 0.2) is 0 Å². The summed E-state index contributed by atoms with van der Waals surface area (Å²) in [6.07, 6.45) is 1.92. The number of carbonyl (C=O) groups is 1. The van der Waals surface area contributed by atoms with Crippen LogP contribution >= 0.6 is 11.3 Å². The highest BCUT2D eigenvalue weighted by molar-refractivity contribution is 7.10. The Morgan fingerprint density at radius 1 is 1.31 bits per heavy atom. The molecule has 1 N–H and O–H groups in total. The lowest BCUT2D eigenvalue weighted by Crippen LogP contribution is -2.48. The van der Waals surface area contributed by atoms with Crippen LogP contribution in [0.5, 0.6) is 11.5 Å². The number of aliphatic hydroxyl groups is 1. The molecule has 0 radical (unpaired) electrons. The summed E-state index contributed by atoms with van der Waals surface area (Å²) >= 11 is 1.73. The summed E-state index contributed by atoms with van der Waals surface area (Å²) in [6.45, 7) is 10.9. The first-order chi connectivity index (χ1) is 16.9. The number of methoxy groups -OCH3 is 1. The Labute approximate surface area is 212 Å². The Hall–Kier alpha value is -2.39. The molecule has 3 rings (SSSR count). The van der Waals surface area contributed by atoms with Gasteiger partial charge in [0.2, 0.25) is 5.91 Å². The maximum Gasteiger partial charge on any atom is 0.237 e. The molecule has 0 fully saturated rings. The number of carbonyl (C=O) groups excluding carboxylic acids is 1. The lowest BCUT2D eigenvalue weighted by molar-refractivity contribution is -0.136. The molecular formula is C27H38N2O5S. The molecule has 0 bridgehead atoms. The van der Waals surface area contributed by atoms with Crippen molar-refractivity contribution in [3.05, 3.63) is 58.8 Å². The summed E-state index contributed by atoms with van der Waals surface area (Å²) in [6, 6.07) is 9.41. The number of amides is 1. The zero-order chi connectivity index (χ0) is 25.2. The number of fused-ring (bicyclic) bond motifs is 1. The van der Waals surface area contributed by atoms with Crippen molar-refractivity contribution < 1.29 is 24.1 Å². The second kappa shape index (κ2) is 13.6. The third kappa shape index (κ3) is 8.07. The van der Waals surface area contributed by atoms with Crippen LogP contribution in [0.4, 0.5) is 0 Å². The predicted molar refractivity (Wildman–Crippen MR) is 139 cm³/mol. The van der Waals surface area contributed by atoms with Gasteiger partial charge in [0.25, 0.3) is 0 Å². The lowest BCUT2D eigenvalue weighted by atomic mass is 10.0. The van der Waals surface area contributed by atoms with E-state index in [1.54, 1.807) is 24.5 Å². The Bertz CT molecular complexity index is 947. The standard InChI is InChI=1S/C27H38N2O5S/c1-5-11-28(15-21(30)18-33-17-20(2)3)16-27(31)29-12-9-26-24(10-13-35-26)25(29)19-34-23-8-6-7-22(14-23)32-4/h5-8,10,13-14,20-21,25,30H,1,9,11-12,15-19H2,2-4H3/t21-,25-/m0/s1. The van der Waals surface area contributed by atoms with Crippen molar-refractivity contribution in [1.82, 2.24) is 9.80 Å². The molecule has 0 unspecified atom stereocenters. The van der Waals surface area contributed by atoms with E-state index >= 15 is 0 Å². The minimum atomic E-state index is -0.668. The SMILES string of the molecule is C=CCN(CC(=O)N1CCc2sccc2[C@@H]1COc1cccc(OC)c1)C[C@H](O)COCC(C)C. The van der Waals surface area contributed by atoms with Crippen LogP contribution in [0.25, 0.3) is 0 Å². The van der Waals surface area contributed by atoms with Crippen LogP contribution in [0, 0.1) is 5.92 Å². The van der Waals surface area contributed by atoms with Gasteiger partial charge in [-0.25, -0.2) is 0 Å². The third-order valence-corrected chi connectivity index (χ3v) is 6.84. The number of rotatable bonds is 14. The van der Waals surface area contributed by atoms with Crippen LogP contribution in [0.3, 0.4) is 0 Å². The Balaban J connectivity index is 1.66. The number of aliphatic hydroxyl groups excluding tert-OH is 1. The number of thiophene rings is 1. The average molecular weight is 503 g/mol. The van der Waals surface area contributed by atoms with E-state index in [1.807, 2.05) is 34.1 Å². The van der Waals surface area contributed by atoms with E-state index in [9.17, 15) is 9.90 Å². The summed E-state index contributed by atoms with van der Waals surface area (Å²) in [7, 11) is 1.63. The molecule has 35 heavy (non-hydrogen) atoms. The topological polar surface area (TPSA) is 71.5 Å². The number of ether oxygens (including phenoxy) is 3. The maximum atomic E-state index is 13.5. The molecule has 192 valence electrons. The van der Waals surface area contributed by atoms with E-state index in [4.69, 9.17) is 14.2 Å². The van der Waals surface area contributed by atoms with Gasteiger partial charge in [-0.05, 0) is 41.5 Å². The van der Waals surface area contributed by atoms with E-state index in [0.717, 1.165) is 17.7 Å². The smallest absolute Gasteiger partial charge is 0.237 e. The van der Waals surface area contributed by atoms with Gasteiger partial charge in [-0.2, -0.15) is 0 Å². The van der Waals surface area contributed by atoms with E-state index in [0.29, 0.717) is 44.5 Å². The van der Waals surface area contributed by atoms with Gasteiger partial charge >= 0.3 is 0 Å². The van der Waals surface area contributed by atoms with Gasteiger partial charge in [0.1, 0.15) is 18.1 Å². The quantitative estimate of drug-likeness (QED) is 0.397. The van der Waals surface area contributed by atoms with Gasteiger partial charge in [0, 0.05) is 37.2 Å². The zero-order valence-electron chi connectivity index (χ0n) is 21.0. The Kier molecular flexibility index (Phi) is 10.6. The lowest BCUT2D eigenvalue weighted by Gasteiger charge is -2.37. The number of hydrogen-bond donors (Lipinski definition) is 1. The van der Waals surface area contributed by atoms with Crippen molar-refractivity contribution in [2.75, 3.05) is 53.1 Å². The van der Waals surface area contributed by atoms with Gasteiger partial charge in [-0.3, -0.25) is 9.69 Å². The highest BCUT2D eigenvalue weighted by Gasteiger charge is 2.33. The minimum Gasteiger partial charge on any atom is -0.497 e. The first-order valence-electron chi connectivity index (χ1n) is 12.1. The number of benzene rings is 1.